The van der Waals surface area contributed by atoms with Gasteiger partial charge >= 0.3 is 0 Å². The number of halogens is 2. The van der Waals surface area contributed by atoms with Crippen LogP contribution in [0.1, 0.15) is 0 Å². The van der Waals surface area contributed by atoms with Crippen LogP contribution < -0.4 is 4.90 Å². The van der Waals surface area contributed by atoms with Crippen LogP contribution in [-0.4, -0.2) is 36.2 Å². The Balaban J connectivity index is 2.57. The Morgan fingerprint density at radius 3 is 2.85 bits per heavy atom. The fraction of sp³-hybridized carbons (Fsp3) is 0.571. The van der Waals surface area contributed by atoms with E-state index in [2.05, 4.69) is 4.98 Å². The maximum atomic E-state index is 12.1. The van der Waals surface area contributed by atoms with Gasteiger partial charge in [-0.2, -0.15) is 0 Å². The molecule has 0 spiro atoms. The molecule has 0 aromatic carbocycles. The standard InChI is InChI=1S/C7H10F2N2OS/c8-6(9)5-11(2-3-12)7-10-1-4-13-7/h1,4,6,12H,2-3,5H2. The van der Waals surface area contributed by atoms with Crippen LogP contribution in [0.4, 0.5) is 13.9 Å². The summed E-state index contributed by atoms with van der Waals surface area (Å²) in [6.07, 6.45) is -0.856. The Morgan fingerprint density at radius 1 is 1.62 bits per heavy atom. The van der Waals surface area contributed by atoms with E-state index in [4.69, 9.17) is 5.11 Å². The Hall–Kier alpha value is -0.750. The van der Waals surface area contributed by atoms with Crippen molar-refractivity contribution in [2.75, 3.05) is 24.6 Å². The summed E-state index contributed by atoms with van der Waals surface area (Å²) in [5.41, 5.74) is 0. The van der Waals surface area contributed by atoms with Crippen LogP contribution in [0.15, 0.2) is 11.6 Å². The van der Waals surface area contributed by atoms with Gasteiger partial charge in [0.05, 0.1) is 13.2 Å². The molecular weight excluding hydrogens is 198 g/mol. The van der Waals surface area contributed by atoms with Crippen molar-refractivity contribution in [1.82, 2.24) is 4.98 Å². The molecule has 0 unspecified atom stereocenters. The van der Waals surface area contributed by atoms with E-state index in [9.17, 15) is 8.78 Å². The molecule has 1 aromatic heterocycles. The molecule has 1 heterocycles. The molecule has 0 atom stereocenters. The van der Waals surface area contributed by atoms with Gasteiger partial charge in [-0.1, -0.05) is 0 Å². The van der Waals surface area contributed by atoms with E-state index in [1.54, 1.807) is 11.6 Å². The van der Waals surface area contributed by atoms with Crippen LogP contribution in [0.3, 0.4) is 0 Å². The van der Waals surface area contributed by atoms with Crippen LogP contribution in [-0.2, 0) is 0 Å². The van der Waals surface area contributed by atoms with Crippen molar-refractivity contribution in [3.8, 4) is 0 Å². The van der Waals surface area contributed by atoms with Crippen molar-refractivity contribution in [3.05, 3.63) is 11.6 Å². The van der Waals surface area contributed by atoms with E-state index < -0.39 is 6.43 Å². The molecule has 0 fully saturated rings. The van der Waals surface area contributed by atoms with Crippen LogP contribution in [0.2, 0.25) is 0 Å². The van der Waals surface area contributed by atoms with Crippen LogP contribution in [0.5, 0.6) is 0 Å². The number of anilines is 1. The summed E-state index contributed by atoms with van der Waals surface area (Å²) in [4.78, 5) is 5.26. The number of aliphatic hydroxyl groups excluding tert-OH is 1. The van der Waals surface area contributed by atoms with Gasteiger partial charge < -0.3 is 10.0 Å². The zero-order valence-electron chi connectivity index (χ0n) is 6.86. The topological polar surface area (TPSA) is 36.4 Å². The maximum Gasteiger partial charge on any atom is 0.255 e. The lowest BCUT2D eigenvalue weighted by atomic mass is 10.5. The van der Waals surface area contributed by atoms with Gasteiger partial charge in [0.15, 0.2) is 5.13 Å². The smallest absolute Gasteiger partial charge is 0.255 e. The van der Waals surface area contributed by atoms with Gasteiger partial charge in [-0.25, -0.2) is 13.8 Å². The van der Waals surface area contributed by atoms with Crippen molar-refractivity contribution in [2.24, 2.45) is 0 Å². The molecule has 0 bridgehead atoms. The Morgan fingerprint density at radius 2 is 2.38 bits per heavy atom. The van der Waals surface area contributed by atoms with E-state index in [0.29, 0.717) is 5.13 Å². The minimum atomic E-state index is -2.41. The zero-order chi connectivity index (χ0) is 9.68. The van der Waals surface area contributed by atoms with E-state index >= 15 is 0 Å². The number of aliphatic hydroxyl groups is 1. The summed E-state index contributed by atoms with van der Waals surface area (Å²) in [5.74, 6) is 0. The highest BCUT2D eigenvalue weighted by Gasteiger charge is 2.13. The summed E-state index contributed by atoms with van der Waals surface area (Å²) in [6, 6.07) is 0. The van der Waals surface area contributed by atoms with Crippen molar-refractivity contribution in [2.45, 2.75) is 6.43 Å². The van der Waals surface area contributed by atoms with Crippen molar-refractivity contribution >= 4 is 16.5 Å². The fourth-order valence-corrected chi connectivity index (χ4v) is 1.60. The molecule has 0 aliphatic rings. The van der Waals surface area contributed by atoms with E-state index in [1.807, 2.05) is 0 Å². The number of hydrogen-bond acceptors (Lipinski definition) is 4. The fourth-order valence-electron chi connectivity index (χ4n) is 0.924. The number of rotatable bonds is 5. The summed E-state index contributed by atoms with van der Waals surface area (Å²) in [5, 5.41) is 10.9. The second-order valence-corrected chi connectivity index (χ2v) is 3.25. The van der Waals surface area contributed by atoms with Crippen LogP contribution in [0.25, 0.3) is 0 Å². The lowest BCUT2D eigenvalue weighted by molar-refractivity contribution is 0.153. The second-order valence-electron chi connectivity index (χ2n) is 2.38. The Bertz CT molecular complexity index is 230. The first-order chi connectivity index (χ1) is 6.24. The van der Waals surface area contributed by atoms with Gasteiger partial charge in [0, 0.05) is 18.1 Å². The molecule has 1 N–H and O–H groups in total. The summed E-state index contributed by atoms with van der Waals surface area (Å²) in [6.45, 7) is -0.335. The largest absolute Gasteiger partial charge is 0.395 e. The van der Waals surface area contributed by atoms with E-state index in [-0.39, 0.29) is 19.7 Å². The average Bonchev–Trinajstić information content (AvgIpc) is 2.54. The first-order valence-corrected chi connectivity index (χ1v) is 4.65. The predicted molar refractivity (Wildman–Crippen MR) is 47.4 cm³/mol. The first kappa shape index (κ1) is 10.3. The molecule has 3 nitrogen and oxygen atoms in total. The molecule has 0 saturated carbocycles. The van der Waals surface area contributed by atoms with Gasteiger partial charge in [0.1, 0.15) is 0 Å². The van der Waals surface area contributed by atoms with E-state index in [0.717, 1.165) is 0 Å². The van der Waals surface area contributed by atoms with Crippen molar-refractivity contribution in [3.63, 3.8) is 0 Å². The molecule has 1 rings (SSSR count). The van der Waals surface area contributed by atoms with Crippen molar-refractivity contribution in [1.29, 1.82) is 0 Å². The summed E-state index contributed by atoms with van der Waals surface area (Å²) >= 11 is 1.28. The molecule has 0 amide bonds. The third-order valence-corrected chi connectivity index (χ3v) is 2.25. The highest BCUT2D eigenvalue weighted by Crippen LogP contribution is 2.17. The molecule has 0 saturated heterocycles. The minimum absolute atomic E-state index is 0.147. The summed E-state index contributed by atoms with van der Waals surface area (Å²) < 4.78 is 24.1. The minimum Gasteiger partial charge on any atom is -0.395 e. The maximum absolute atomic E-state index is 12.1. The predicted octanol–water partition coefficient (Wildman–Crippen LogP) is 1.21. The van der Waals surface area contributed by atoms with Gasteiger partial charge in [0.25, 0.3) is 6.43 Å². The van der Waals surface area contributed by atoms with Crippen LogP contribution >= 0.6 is 11.3 Å². The second kappa shape index (κ2) is 5.08. The third-order valence-electron chi connectivity index (χ3n) is 1.42. The third kappa shape index (κ3) is 3.23. The van der Waals surface area contributed by atoms with Gasteiger partial charge in [-0.05, 0) is 0 Å². The number of thiazole rings is 1. The Kier molecular flexibility index (Phi) is 4.04. The molecule has 74 valence electrons. The Labute approximate surface area is 78.6 Å². The number of alkyl halides is 2. The number of hydrogen-bond donors (Lipinski definition) is 1. The molecule has 0 radical (unpaired) electrons. The molecular formula is C7H10F2N2OS. The highest BCUT2D eigenvalue weighted by molar-refractivity contribution is 7.13. The molecule has 1 aromatic rings. The molecule has 6 heteroatoms. The molecule has 13 heavy (non-hydrogen) atoms. The van der Waals surface area contributed by atoms with Crippen LogP contribution in [0, 0.1) is 0 Å². The SMILES string of the molecule is OCCN(CC(F)F)c1nccs1. The highest BCUT2D eigenvalue weighted by atomic mass is 32.1. The first-order valence-electron chi connectivity index (χ1n) is 3.77. The number of aromatic nitrogens is 1. The quantitative estimate of drug-likeness (QED) is 0.790. The number of nitrogens with zero attached hydrogens (tertiary/aromatic N) is 2. The molecule has 0 aliphatic carbocycles. The van der Waals surface area contributed by atoms with E-state index in [1.165, 1.54) is 16.2 Å². The normalized spacial score (nSPS) is 10.8. The summed E-state index contributed by atoms with van der Waals surface area (Å²) in [7, 11) is 0. The zero-order valence-corrected chi connectivity index (χ0v) is 7.68. The van der Waals surface area contributed by atoms with Crippen molar-refractivity contribution < 1.29 is 13.9 Å². The lowest BCUT2D eigenvalue weighted by Gasteiger charge is -2.19. The average molecular weight is 208 g/mol. The van der Waals surface area contributed by atoms with Gasteiger partial charge in [-0.3, -0.25) is 0 Å². The monoisotopic (exact) mass is 208 g/mol. The van der Waals surface area contributed by atoms with Gasteiger partial charge in [-0.15, -0.1) is 11.3 Å². The lowest BCUT2D eigenvalue weighted by Crippen LogP contribution is -2.31. The van der Waals surface area contributed by atoms with Gasteiger partial charge in [0.2, 0.25) is 0 Å². The molecule has 0 aliphatic heterocycles.